The zero-order valence-corrected chi connectivity index (χ0v) is 26.4. The first-order valence-corrected chi connectivity index (χ1v) is 15.6. The number of aliphatic hydroxyl groups is 1. The third-order valence-electron chi connectivity index (χ3n) is 9.13. The minimum Gasteiger partial charge on any atom is -0.465 e. The van der Waals surface area contributed by atoms with Crippen molar-refractivity contribution in [3.8, 4) is 0 Å². The number of esters is 1. The molecule has 8 nitrogen and oxygen atoms in total. The predicted octanol–water partition coefficient (Wildman–Crippen LogP) is 5.80. The largest absolute Gasteiger partial charge is 0.465 e. The number of ether oxygens (including phenoxy) is 2. The monoisotopic (exact) mass is 589 g/mol. The molecule has 0 aliphatic carbocycles. The number of β-amino-alcohol motifs (C(OH)–C–C–N with tert-alkyl or cyclic N) is 1. The second-order valence-electron chi connectivity index (χ2n) is 13.5. The van der Waals surface area contributed by atoms with Crippen LogP contribution in [0, 0.1) is 12.8 Å². The number of nitrogens with zero attached hydrogens (tertiary/aromatic N) is 3. The normalized spacial score (nSPS) is 18.1. The third kappa shape index (κ3) is 7.42. The number of rotatable bonds is 7. The van der Waals surface area contributed by atoms with Crippen molar-refractivity contribution >= 4 is 23.0 Å². The highest BCUT2D eigenvalue weighted by atomic mass is 16.6. The summed E-state index contributed by atoms with van der Waals surface area (Å²) in [5, 5.41) is 12.6. The van der Waals surface area contributed by atoms with E-state index in [1.165, 1.54) is 34.8 Å². The average molecular weight is 590 g/mol. The fourth-order valence-electron chi connectivity index (χ4n) is 6.63. The summed E-state index contributed by atoms with van der Waals surface area (Å²) in [6, 6.07) is 16.4. The summed E-state index contributed by atoms with van der Waals surface area (Å²) in [6.07, 6.45) is 3.86. The fraction of sp³-hybridized carbons (Fsp3) is 0.543. The van der Waals surface area contributed by atoms with Crippen LogP contribution in [0.15, 0.2) is 48.5 Å². The molecule has 43 heavy (non-hydrogen) atoms. The van der Waals surface area contributed by atoms with E-state index in [1.54, 1.807) is 4.90 Å². The van der Waals surface area contributed by atoms with Crippen molar-refractivity contribution in [2.75, 3.05) is 39.8 Å². The van der Waals surface area contributed by atoms with Crippen LogP contribution in [0.2, 0.25) is 0 Å². The zero-order chi connectivity index (χ0) is 30.8. The number of fused-ring (bicyclic) bond motifs is 1. The van der Waals surface area contributed by atoms with Crippen molar-refractivity contribution < 1.29 is 24.2 Å². The van der Waals surface area contributed by atoms with Crippen LogP contribution in [0.3, 0.4) is 0 Å². The molecule has 0 atom stereocenters. The quantitative estimate of drug-likeness (QED) is 0.351. The number of aromatic nitrogens is 1. The number of benzene rings is 2. The molecular formula is C35H47N3O5. The Morgan fingerprint density at radius 3 is 2.26 bits per heavy atom. The van der Waals surface area contributed by atoms with E-state index in [0.717, 1.165) is 38.9 Å². The molecule has 2 aromatic carbocycles. The molecule has 2 aliphatic rings. The molecule has 3 aromatic rings. The second-order valence-corrected chi connectivity index (χ2v) is 13.5. The number of amides is 1. The molecular weight excluding hydrogens is 542 g/mol. The Labute approximate surface area is 255 Å². The molecule has 1 aromatic heterocycles. The molecule has 8 heteroatoms. The van der Waals surface area contributed by atoms with Crippen LogP contribution in [-0.2, 0) is 22.4 Å². The first-order valence-electron chi connectivity index (χ1n) is 15.6. The summed E-state index contributed by atoms with van der Waals surface area (Å²) in [5.74, 6) is 0.254. The Morgan fingerprint density at radius 1 is 0.977 bits per heavy atom. The predicted molar refractivity (Wildman–Crippen MR) is 168 cm³/mol. The standard InChI is InChI=1S/C35H47N3O5/c1-25-30(22-26-10-12-28(13-11-26)32(39)42-5)29-8-6-7-9-31(29)38(25)23-27-14-18-36(19-15-27)24-35(41)16-20-37(21-17-35)33(40)43-34(2,3)4/h6-13,27,41H,14-24H2,1-5H3. The van der Waals surface area contributed by atoms with E-state index in [-0.39, 0.29) is 12.1 Å². The lowest BCUT2D eigenvalue weighted by molar-refractivity contribution is -0.0545. The molecule has 1 amide bonds. The maximum absolute atomic E-state index is 12.4. The third-order valence-corrected chi connectivity index (χ3v) is 9.13. The molecule has 3 heterocycles. The number of likely N-dealkylation sites (tertiary alicyclic amines) is 2. The van der Waals surface area contributed by atoms with Gasteiger partial charge in [-0.05, 0) is 108 Å². The molecule has 0 radical (unpaired) electrons. The van der Waals surface area contributed by atoms with E-state index in [0.29, 0.717) is 44.0 Å². The maximum atomic E-state index is 12.4. The number of carbonyl (C=O) groups is 2. The number of piperidine rings is 2. The van der Waals surface area contributed by atoms with Gasteiger partial charge in [0, 0.05) is 42.8 Å². The Balaban J connectivity index is 1.18. The highest BCUT2D eigenvalue weighted by molar-refractivity contribution is 5.89. The molecule has 0 unspecified atom stereocenters. The van der Waals surface area contributed by atoms with Gasteiger partial charge in [-0.2, -0.15) is 0 Å². The number of hydrogen-bond donors (Lipinski definition) is 1. The zero-order valence-electron chi connectivity index (χ0n) is 26.4. The second kappa shape index (κ2) is 12.7. The molecule has 0 saturated carbocycles. The highest BCUT2D eigenvalue weighted by Gasteiger charge is 2.37. The van der Waals surface area contributed by atoms with Crippen LogP contribution < -0.4 is 0 Å². The van der Waals surface area contributed by atoms with Crippen molar-refractivity contribution in [1.29, 1.82) is 0 Å². The number of para-hydroxylation sites is 1. The van der Waals surface area contributed by atoms with Gasteiger partial charge in [-0.25, -0.2) is 9.59 Å². The van der Waals surface area contributed by atoms with E-state index >= 15 is 0 Å². The van der Waals surface area contributed by atoms with Crippen LogP contribution in [0.5, 0.6) is 0 Å². The summed E-state index contributed by atoms with van der Waals surface area (Å²) in [6.45, 7) is 12.5. The lowest BCUT2D eigenvalue weighted by Crippen LogP contribution is -2.53. The van der Waals surface area contributed by atoms with Gasteiger partial charge in [-0.3, -0.25) is 0 Å². The number of methoxy groups -OCH3 is 1. The summed E-state index contributed by atoms with van der Waals surface area (Å²) >= 11 is 0. The summed E-state index contributed by atoms with van der Waals surface area (Å²) in [7, 11) is 1.40. The van der Waals surface area contributed by atoms with Crippen LogP contribution >= 0.6 is 0 Å². The lowest BCUT2D eigenvalue weighted by atomic mass is 9.89. The van der Waals surface area contributed by atoms with Crippen molar-refractivity contribution in [3.05, 3.63) is 70.9 Å². The highest BCUT2D eigenvalue weighted by Crippen LogP contribution is 2.32. The number of hydrogen-bond acceptors (Lipinski definition) is 6. The molecule has 2 fully saturated rings. The van der Waals surface area contributed by atoms with Gasteiger partial charge in [-0.1, -0.05) is 30.3 Å². The fourth-order valence-corrected chi connectivity index (χ4v) is 6.63. The topological polar surface area (TPSA) is 84.2 Å². The van der Waals surface area contributed by atoms with Gasteiger partial charge in [0.25, 0.3) is 0 Å². The van der Waals surface area contributed by atoms with Crippen LogP contribution in [0.4, 0.5) is 4.79 Å². The van der Waals surface area contributed by atoms with Crippen molar-refractivity contribution in [2.24, 2.45) is 5.92 Å². The SMILES string of the molecule is COC(=O)c1ccc(Cc2c(C)n(CC3CCN(CC4(O)CCN(C(=O)OC(C)(C)C)CC4)CC3)c3ccccc23)cc1. The Kier molecular flexibility index (Phi) is 9.18. The van der Waals surface area contributed by atoms with Gasteiger partial charge < -0.3 is 28.9 Å². The summed E-state index contributed by atoms with van der Waals surface area (Å²) in [4.78, 5) is 28.4. The van der Waals surface area contributed by atoms with Crippen molar-refractivity contribution in [1.82, 2.24) is 14.4 Å². The van der Waals surface area contributed by atoms with Crippen molar-refractivity contribution in [3.63, 3.8) is 0 Å². The van der Waals surface area contributed by atoms with Crippen LogP contribution in [0.25, 0.3) is 10.9 Å². The van der Waals surface area contributed by atoms with Crippen molar-refractivity contribution in [2.45, 2.75) is 77.5 Å². The number of carbonyl (C=O) groups excluding carboxylic acids is 2. The smallest absolute Gasteiger partial charge is 0.410 e. The van der Waals surface area contributed by atoms with Gasteiger partial charge in [0.15, 0.2) is 0 Å². The molecule has 0 spiro atoms. The molecule has 0 bridgehead atoms. The van der Waals surface area contributed by atoms with Gasteiger partial charge in [0.05, 0.1) is 18.3 Å². The van der Waals surface area contributed by atoms with Crippen LogP contribution in [0.1, 0.15) is 73.6 Å². The van der Waals surface area contributed by atoms with Gasteiger partial charge in [0.2, 0.25) is 0 Å². The molecule has 1 N–H and O–H groups in total. The van der Waals surface area contributed by atoms with Gasteiger partial charge in [0.1, 0.15) is 5.60 Å². The van der Waals surface area contributed by atoms with E-state index in [4.69, 9.17) is 9.47 Å². The van der Waals surface area contributed by atoms with E-state index in [1.807, 2.05) is 45.0 Å². The molecule has 2 saturated heterocycles. The first-order chi connectivity index (χ1) is 20.4. The Hall–Kier alpha value is -3.36. The Morgan fingerprint density at radius 2 is 1.63 bits per heavy atom. The summed E-state index contributed by atoms with van der Waals surface area (Å²) in [5.41, 5.74) is 4.36. The Bertz CT molecular complexity index is 1420. The first kappa shape index (κ1) is 31.1. The van der Waals surface area contributed by atoms with Gasteiger partial charge >= 0.3 is 12.1 Å². The van der Waals surface area contributed by atoms with E-state index < -0.39 is 11.2 Å². The minimum atomic E-state index is -0.761. The van der Waals surface area contributed by atoms with E-state index in [9.17, 15) is 14.7 Å². The molecule has 2 aliphatic heterocycles. The average Bonchev–Trinajstić information content (AvgIpc) is 3.23. The minimum absolute atomic E-state index is 0.289. The van der Waals surface area contributed by atoms with Crippen LogP contribution in [-0.4, -0.2) is 82.6 Å². The molecule has 232 valence electrons. The summed E-state index contributed by atoms with van der Waals surface area (Å²) < 4.78 is 12.9. The maximum Gasteiger partial charge on any atom is 0.410 e. The lowest BCUT2D eigenvalue weighted by Gasteiger charge is -2.42. The van der Waals surface area contributed by atoms with Gasteiger partial charge in [-0.15, -0.1) is 0 Å². The molecule has 5 rings (SSSR count). The van der Waals surface area contributed by atoms with E-state index in [2.05, 4.69) is 40.7 Å².